The molecule has 0 amide bonds. The highest BCUT2D eigenvalue weighted by Crippen LogP contribution is 2.28. The van der Waals surface area contributed by atoms with Gasteiger partial charge in [-0.15, -0.1) is 11.3 Å². The molecule has 3 heterocycles. The van der Waals surface area contributed by atoms with Crippen LogP contribution >= 0.6 is 11.3 Å². The smallest absolute Gasteiger partial charge is 0.248 e. The molecule has 0 radical (unpaired) electrons. The molecule has 0 unspecified atom stereocenters. The molecular weight excluding hydrogens is 348 g/mol. The molecular formula is C16H22N2O4S2. The second kappa shape index (κ2) is 7.35. The Kier molecular flexibility index (Phi) is 5.39. The normalized spacial score (nSPS) is 16.8. The largest absolute Gasteiger partial charge is 0.381 e. The van der Waals surface area contributed by atoms with Crippen molar-refractivity contribution in [1.29, 1.82) is 0 Å². The first-order valence-corrected chi connectivity index (χ1v) is 10.4. The SMILES string of the molecule is Cc1noc(C)c1S(=O)(=O)N(CCc1cccs1)C1CCOCC1. The standard InChI is InChI=1S/C16H22N2O4S2/c1-12-16(13(2)22-17-12)24(19,20)18(14-6-9-21-10-7-14)8-5-15-4-3-11-23-15/h3-4,11,14H,5-10H2,1-2H3. The number of hydrogen-bond donors (Lipinski definition) is 0. The summed E-state index contributed by atoms with van der Waals surface area (Å²) in [4.78, 5) is 1.39. The maximum atomic E-state index is 13.3. The van der Waals surface area contributed by atoms with Gasteiger partial charge in [-0.05, 0) is 44.6 Å². The highest BCUT2D eigenvalue weighted by molar-refractivity contribution is 7.89. The molecule has 1 fully saturated rings. The van der Waals surface area contributed by atoms with E-state index >= 15 is 0 Å². The lowest BCUT2D eigenvalue weighted by molar-refractivity contribution is 0.0587. The highest BCUT2D eigenvalue weighted by Gasteiger charge is 2.36. The van der Waals surface area contributed by atoms with Crippen molar-refractivity contribution in [3.05, 3.63) is 33.8 Å². The molecule has 132 valence electrons. The summed E-state index contributed by atoms with van der Waals surface area (Å²) in [6.45, 7) is 4.96. The molecule has 1 saturated heterocycles. The average molecular weight is 370 g/mol. The minimum Gasteiger partial charge on any atom is -0.381 e. The first kappa shape index (κ1) is 17.6. The van der Waals surface area contributed by atoms with Crippen molar-refractivity contribution in [3.63, 3.8) is 0 Å². The van der Waals surface area contributed by atoms with Crippen LogP contribution in [0.2, 0.25) is 0 Å². The Morgan fingerprint density at radius 1 is 1.33 bits per heavy atom. The Labute approximate surface area is 146 Å². The van der Waals surface area contributed by atoms with E-state index in [1.54, 1.807) is 29.5 Å². The average Bonchev–Trinajstić information content (AvgIpc) is 3.18. The Morgan fingerprint density at radius 2 is 2.08 bits per heavy atom. The van der Waals surface area contributed by atoms with Gasteiger partial charge in [-0.25, -0.2) is 8.42 Å². The fourth-order valence-corrected chi connectivity index (χ4v) is 5.79. The van der Waals surface area contributed by atoms with E-state index in [9.17, 15) is 8.42 Å². The van der Waals surface area contributed by atoms with Gasteiger partial charge in [-0.3, -0.25) is 0 Å². The van der Waals surface area contributed by atoms with E-state index < -0.39 is 10.0 Å². The number of aryl methyl sites for hydroxylation is 2. The number of hydrogen-bond acceptors (Lipinski definition) is 6. The van der Waals surface area contributed by atoms with E-state index in [-0.39, 0.29) is 10.9 Å². The van der Waals surface area contributed by atoms with Crippen LogP contribution in [0.15, 0.2) is 26.9 Å². The minimum atomic E-state index is -3.65. The fourth-order valence-electron chi connectivity index (χ4n) is 3.11. The molecule has 8 heteroatoms. The topological polar surface area (TPSA) is 72.6 Å². The number of thiophene rings is 1. The summed E-state index contributed by atoms with van der Waals surface area (Å²) in [5.41, 5.74) is 0.417. The third kappa shape index (κ3) is 3.56. The first-order chi connectivity index (χ1) is 11.5. The van der Waals surface area contributed by atoms with Crippen molar-refractivity contribution in [3.8, 4) is 0 Å². The maximum absolute atomic E-state index is 13.3. The molecule has 3 rings (SSSR count). The third-order valence-electron chi connectivity index (χ3n) is 4.29. The zero-order chi connectivity index (χ0) is 17.2. The second-order valence-electron chi connectivity index (χ2n) is 5.94. The number of ether oxygens (including phenoxy) is 1. The van der Waals surface area contributed by atoms with Gasteiger partial charge in [0.2, 0.25) is 10.0 Å². The van der Waals surface area contributed by atoms with Crippen LogP contribution in [-0.2, 0) is 21.2 Å². The van der Waals surface area contributed by atoms with Crippen LogP contribution in [0.5, 0.6) is 0 Å². The quantitative estimate of drug-likeness (QED) is 0.782. The molecule has 0 aliphatic carbocycles. The Hall–Kier alpha value is -1.22. The van der Waals surface area contributed by atoms with Gasteiger partial charge >= 0.3 is 0 Å². The number of nitrogens with zero attached hydrogens (tertiary/aromatic N) is 2. The molecule has 6 nitrogen and oxygen atoms in total. The van der Waals surface area contributed by atoms with Crippen molar-refractivity contribution >= 4 is 21.4 Å². The predicted molar refractivity (Wildman–Crippen MR) is 91.7 cm³/mol. The summed E-state index contributed by atoms with van der Waals surface area (Å²) in [6.07, 6.45) is 2.14. The van der Waals surface area contributed by atoms with Crippen LogP contribution in [0, 0.1) is 13.8 Å². The molecule has 0 N–H and O–H groups in total. The van der Waals surface area contributed by atoms with Gasteiger partial charge in [0.05, 0.1) is 0 Å². The number of rotatable bonds is 6. The van der Waals surface area contributed by atoms with Crippen molar-refractivity contribution in [2.45, 2.75) is 44.0 Å². The number of sulfonamides is 1. The molecule has 1 aliphatic heterocycles. The molecule has 0 saturated carbocycles. The summed E-state index contributed by atoms with van der Waals surface area (Å²) >= 11 is 1.65. The molecule has 2 aromatic heterocycles. The summed E-state index contributed by atoms with van der Waals surface area (Å²) in [5.74, 6) is 0.348. The molecule has 24 heavy (non-hydrogen) atoms. The van der Waals surface area contributed by atoms with Crippen molar-refractivity contribution < 1.29 is 17.7 Å². The third-order valence-corrected chi connectivity index (χ3v) is 7.42. The van der Waals surface area contributed by atoms with Crippen LogP contribution in [-0.4, -0.2) is 43.7 Å². The zero-order valence-electron chi connectivity index (χ0n) is 13.9. The monoisotopic (exact) mass is 370 g/mol. The van der Waals surface area contributed by atoms with Crippen LogP contribution in [0.25, 0.3) is 0 Å². The number of aromatic nitrogens is 1. The first-order valence-electron chi connectivity index (χ1n) is 8.05. The van der Waals surface area contributed by atoms with Crippen LogP contribution in [0.1, 0.15) is 29.2 Å². The predicted octanol–water partition coefficient (Wildman–Crippen LogP) is 2.77. The minimum absolute atomic E-state index is 0.0441. The summed E-state index contributed by atoms with van der Waals surface area (Å²) in [6, 6.07) is 3.98. The van der Waals surface area contributed by atoms with Crippen molar-refractivity contribution in [2.24, 2.45) is 0 Å². The van der Waals surface area contributed by atoms with Gasteiger partial charge in [-0.1, -0.05) is 11.2 Å². The molecule has 0 spiro atoms. The maximum Gasteiger partial charge on any atom is 0.248 e. The van der Waals surface area contributed by atoms with E-state index in [0.29, 0.717) is 50.5 Å². The second-order valence-corrected chi connectivity index (χ2v) is 8.80. The lowest BCUT2D eigenvalue weighted by Crippen LogP contribution is -2.44. The molecule has 0 aromatic carbocycles. The summed E-state index contributed by atoms with van der Waals surface area (Å²) < 4.78 is 38.7. The van der Waals surface area contributed by atoms with E-state index in [2.05, 4.69) is 5.16 Å². The van der Waals surface area contributed by atoms with Crippen molar-refractivity contribution in [2.75, 3.05) is 19.8 Å². The van der Waals surface area contributed by atoms with E-state index in [1.165, 1.54) is 4.88 Å². The molecule has 2 aromatic rings. The molecule has 0 bridgehead atoms. The van der Waals surface area contributed by atoms with Gasteiger partial charge in [0.25, 0.3) is 0 Å². The van der Waals surface area contributed by atoms with E-state index in [1.807, 2.05) is 17.5 Å². The van der Waals surface area contributed by atoms with Gasteiger partial charge in [0, 0.05) is 30.7 Å². The highest BCUT2D eigenvalue weighted by atomic mass is 32.2. The van der Waals surface area contributed by atoms with Crippen LogP contribution in [0.3, 0.4) is 0 Å². The summed E-state index contributed by atoms with van der Waals surface area (Å²) in [5, 5.41) is 5.83. The van der Waals surface area contributed by atoms with Gasteiger partial charge in [0.1, 0.15) is 10.6 Å². The van der Waals surface area contributed by atoms with E-state index in [0.717, 1.165) is 0 Å². The lowest BCUT2D eigenvalue weighted by atomic mass is 10.1. The summed E-state index contributed by atoms with van der Waals surface area (Å²) in [7, 11) is -3.65. The Bertz CT molecular complexity index is 743. The van der Waals surface area contributed by atoms with Gasteiger partial charge in [-0.2, -0.15) is 4.31 Å². The van der Waals surface area contributed by atoms with Gasteiger partial charge < -0.3 is 9.26 Å². The van der Waals surface area contributed by atoms with E-state index in [4.69, 9.17) is 9.26 Å². The van der Waals surface area contributed by atoms with Crippen LogP contribution in [0.4, 0.5) is 0 Å². The van der Waals surface area contributed by atoms with Gasteiger partial charge in [0.15, 0.2) is 5.76 Å². The molecule has 1 aliphatic rings. The molecule has 0 atom stereocenters. The zero-order valence-corrected chi connectivity index (χ0v) is 15.5. The Morgan fingerprint density at radius 3 is 2.67 bits per heavy atom. The van der Waals surface area contributed by atoms with Crippen LogP contribution < -0.4 is 0 Å². The fraction of sp³-hybridized carbons (Fsp3) is 0.562. The van der Waals surface area contributed by atoms with Crippen molar-refractivity contribution in [1.82, 2.24) is 9.46 Å². The Balaban J connectivity index is 1.90. The lowest BCUT2D eigenvalue weighted by Gasteiger charge is -2.33.